The molecular formula is C9H6INO2. The summed E-state index contributed by atoms with van der Waals surface area (Å²) in [6, 6.07) is 4.93. The van der Waals surface area contributed by atoms with Crippen LogP contribution in [0.2, 0.25) is 0 Å². The number of halogens is 1. The Morgan fingerprint density at radius 1 is 1.54 bits per heavy atom. The molecule has 0 radical (unpaired) electrons. The molecular weight excluding hydrogens is 281 g/mol. The van der Waals surface area contributed by atoms with Crippen molar-refractivity contribution in [1.82, 2.24) is 0 Å². The molecule has 1 aromatic rings. The zero-order valence-corrected chi connectivity index (χ0v) is 9.03. The largest absolute Gasteiger partial charge is 0.285 e. The van der Waals surface area contributed by atoms with Crippen LogP contribution in [0.4, 0.5) is 5.69 Å². The lowest BCUT2D eigenvalue weighted by atomic mass is 10.1. The van der Waals surface area contributed by atoms with E-state index in [1.54, 1.807) is 6.07 Å². The molecule has 0 saturated carbocycles. The predicted molar refractivity (Wildman–Crippen MR) is 58.7 cm³/mol. The number of hydrogen-bond acceptors (Lipinski definition) is 2. The molecule has 13 heavy (non-hydrogen) atoms. The van der Waals surface area contributed by atoms with E-state index in [4.69, 9.17) is 0 Å². The zero-order valence-electron chi connectivity index (χ0n) is 6.87. The highest BCUT2D eigenvalue weighted by atomic mass is 127. The first-order valence-electron chi connectivity index (χ1n) is 3.52. The van der Waals surface area contributed by atoms with Gasteiger partial charge < -0.3 is 0 Å². The van der Waals surface area contributed by atoms with Crippen LogP contribution >= 0.6 is 22.6 Å². The summed E-state index contributed by atoms with van der Waals surface area (Å²) in [5.74, 6) is 2.72. The Morgan fingerprint density at radius 2 is 2.23 bits per heavy atom. The lowest BCUT2D eigenvalue weighted by molar-refractivity contribution is -0.385. The predicted octanol–water partition coefficient (Wildman–Crippen LogP) is 2.65. The third kappa shape index (κ3) is 2.18. The molecule has 0 aromatic heterocycles. The Hall–Kier alpha value is -1.09. The molecule has 1 rings (SSSR count). The number of nitro groups is 1. The molecule has 0 aliphatic carbocycles. The molecule has 0 atom stereocenters. The first-order chi connectivity index (χ1) is 6.16. The highest BCUT2D eigenvalue weighted by Gasteiger charge is 2.12. The Bertz CT molecular complexity index is 404. The summed E-state index contributed by atoms with van der Waals surface area (Å²) in [5, 5.41) is 10.6. The number of nitrogens with zero attached hydrogens (tertiary/aromatic N) is 1. The van der Waals surface area contributed by atoms with Gasteiger partial charge in [-0.1, -0.05) is 12.1 Å². The molecule has 0 spiro atoms. The van der Waals surface area contributed by atoms with Gasteiger partial charge in [-0.05, 0) is 22.3 Å². The Balaban J connectivity index is 3.39. The molecule has 0 amide bonds. The minimum absolute atomic E-state index is 0.0733. The monoisotopic (exact) mass is 287 g/mol. The number of aryl methyl sites for hydroxylation is 1. The minimum atomic E-state index is -0.413. The lowest BCUT2D eigenvalue weighted by Crippen LogP contribution is -1.93. The average Bonchev–Trinajstić information content (AvgIpc) is 2.08. The third-order valence-electron chi connectivity index (χ3n) is 1.62. The summed E-state index contributed by atoms with van der Waals surface area (Å²) in [5.41, 5.74) is 1.41. The SMILES string of the molecule is Cc1cccc([N+](=O)[O-])c1C#CI. The second-order valence-corrected chi connectivity index (χ2v) is 2.99. The van der Waals surface area contributed by atoms with Crippen LogP contribution in [-0.4, -0.2) is 4.92 Å². The van der Waals surface area contributed by atoms with Gasteiger partial charge in [0, 0.05) is 28.7 Å². The average molecular weight is 287 g/mol. The van der Waals surface area contributed by atoms with Crippen LogP contribution in [0.25, 0.3) is 0 Å². The molecule has 1 aromatic carbocycles. The third-order valence-corrected chi connectivity index (χ3v) is 1.89. The summed E-state index contributed by atoms with van der Waals surface area (Å²) in [6.07, 6.45) is 0. The number of nitro benzene ring substituents is 1. The fourth-order valence-electron chi connectivity index (χ4n) is 1.01. The number of rotatable bonds is 1. The van der Waals surface area contributed by atoms with Crippen LogP contribution < -0.4 is 0 Å². The molecule has 4 heteroatoms. The van der Waals surface area contributed by atoms with E-state index in [2.05, 4.69) is 9.85 Å². The van der Waals surface area contributed by atoms with Gasteiger partial charge in [0.1, 0.15) is 5.56 Å². The summed E-state index contributed by atoms with van der Waals surface area (Å²) in [4.78, 5) is 10.2. The van der Waals surface area contributed by atoms with Crippen LogP contribution in [0.1, 0.15) is 11.1 Å². The zero-order chi connectivity index (χ0) is 9.84. The van der Waals surface area contributed by atoms with Crippen molar-refractivity contribution in [3.8, 4) is 9.85 Å². The van der Waals surface area contributed by atoms with Gasteiger partial charge in [0.05, 0.1) is 4.92 Å². The highest BCUT2D eigenvalue weighted by Crippen LogP contribution is 2.20. The van der Waals surface area contributed by atoms with E-state index >= 15 is 0 Å². The molecule has 0 aliphatic heterocycles. The van der Waals surface area contributed by atoms with E-state index in [1.165, 1.54) is 6.07 Å². The highest BCUT2D eigenvalue weighted by molar-refractivity contribution is 14.1. The maximum absolute atomic E-state index is 10.6. The van der Waals surface area contributed by atoms with E-state index in [9.17, 15) is 10.1 Å². The molecule has 0 aliphatic rings. The second kappa shape index (κ2) is 4.23. The maximum atomic E-state index is 10.6. The first-order valence-corrected chi connectivity index (χ1v) is 4.60. The van der Waals surface area contributed by atoms with E-state index in [-0.39, 0.29) is 5.69 Å². The van der Waals surface area contributed by atoms with Crippen molar-refractivity contribution in [3.63, 3.8) is 0 Å². The minimum Gasteiger partial charge on any atom is -0.258 e. The molecule has 66 valence electrons. The van der Waals surface area contributed by atoms with Crippen LogP contribution in [0, 0.1) is 26.9 Å². The van der Waals surface area contributed by atoms with Crippen molar-refractivity contribution in [2.24, 2.45) is 0 Å². The summed E-state index contributed by atoms with van der Waals surface area (Å²) in [6.45, 7) is 1.81. The van der Waals surface area contributed by atoms with E-state index in [1.807, 2.05) is 35.6 Å². The van der Waals surface area contributed by atoms with Crippen molar-refractivity contribution in [1.29, 1.82) is 0 Å². The first kappa shape index (κ1) is 9.99. The van der Waals surface area contributed by atoms with E-state index in [0.717, 1.165) is 5.56 Å². The normalized spacial score (nSPS) is 8.77. The summed E-state index contributed by atoms with van der Waals surface area (Å²) < 4.78 is 2.64. The van der Waals surface area contributed by atoms with Gasteiger partial charge in [0.2, 0.25) is 0 Å². The van der Waals surface area contributed by atoms with Gasteiger partial charge in [0.15, 0.2) is 0 Å². The van der Waals surface area contributed by atoms with Crippen molar-refractivity contribution in [3.05, 3.63) is 39.4 Å². The molecule has 0 unspecified atom stereocenters. The smallest absolute Gasteiger partial charge is 0.258 e. The molecule has 0 bridgehead atoms. The standard InChI is InChI=1S/C9H6INO2/c1-7-3-2-4-9(11(12)13)8(7)5-6-10/h2-4H,1H3. The van der Waals surface area contributed by atoms with Crippen molar-refractivity contribution in [2.75, 3.05) is 0 Å². The second-order valence-electron chi connectivity index (χ2n) is 2.45. The van der Waals surface area contributed by atoms with Crippen molar-refractivity contribution >= 4 is 28.3 Å². The fraction of sp³-hybridized carbons (Fsp3) is 0.111. The van der Waals surface area contributed by atoms with Crippen molar-refractivity contribution < 1.29 is 4.92 Å². The van der Waals surface area contributed by atoms with Gasteiger partial charge in [-0.15, -0.1) is 0 Å². The maximum Gasteiger partial charge on any atom is 0.285 e. The fourth-order valence-corrected chi connectivity index (χ4v) is 1.28. The van der Waals surface area contributed by atoms with Crippen LogP contribution in [0.3, 0.4) is 0 Å². The lowest BCUT2D eigenvalue weighted by Gasteiger charge is -1.98. The van der Waals surface area contributed by atoms with Crippen LogP contribution in [0.5, 0.6) is 0 Å². The molecule has 0 heterocycles. The molecule has 0 saturated heterocycles. The molecule has 3 nitrogen and oxygen atoms in total. The van der Waals surface area contributed by atoms with E-state index < -0.39 is 4.92 Å². The molecule has 0 fully saturated rings. The van der Waals surface area contributed by atoms with Crippen LogP contribution in [-0.2, 0) is 0 Å². The van der Waals surface area contributed by atoms with Gasteiger partial charge in [-0.3, -0.25) is 10.1 Å². The number of benzene rings is 1. The van der Waals surface area contributed by atoms with Gasteiger partial charge in [-0.25, -0.2) is 0 Å². The summed E-state index contributed by atoms with van der Waals surface area (Å²) >= 11 is 1.86. The van der Waals surface area contributed by atoms with Gasteiger partial charge in [-0.2, -0.15) is 0 Å². The quantitative estimate of drug-likeness (QED) is 0.345. The van der Waals surface area contributed by atoms with Crippen LogP contribution in [0.15, 0.2) is 18.2 Å². The van der Waals surface area contributed by atoms with Gasteiger partial charge in [0.25, 0.3) is 5.69 Å². The van der Waals surface area contributed by atoms with E-state index in [0.29, 0.717) is 5.56 Å². The Kier molecular flexibility index (Phi) is 3.25. The number of hydrogen-bond donors (Lipinski definition) is 0. The van der Waals surface area contributed by atoms with Gasteiger partial charge >= 0.3 is 0 Å². The Morgan fingerprint density at radius 3 is 2.77 bits per heavy atom. The summed E-state index contributed by atoms with van der Waals surface area (Å²) in [7, 11) is 0. The Labute approximate surface area is 89.4 Å². The molecule has 0 N–H and O–H groups in total. The van der Waals surface area contributed by atoms with Crippen molar-refractivity contribution in [2.45, 2.75) is 6.92 Å². The topological polar surface area (TPSA) is 43.1 Å².